The van der Waals surface area contributed by atoms with Crippen LogP contribution in [0.3, 0.4) is 0 Å². The van der Waals surface area contributed by atoms with Gasteiger partial charge in [0.15, 0.2) is 5.16 Å². The average molecular weight is 262 g/mol. The zero-order valence-corrected chi connectivity index (χ0v) is 11.1. The number of thioether (sulfide) groups is 1. The number of benzene rings is 1. The Labute approximate surface area is 109 Å². The number of carbonyl (C=O) groups excluding carboxylic acids is 1. The summed E-state index contributed by atoms with van der Waals surface area (Å²) >= 11 is 1.29. The van der Waals surface area contributed by atoms with Gasteiger partial charge in [0.05, 0.1) is 18.1 Å². The lowest BCUT2D eigenvalue weighted by molar-refractivity contribution is -0.139. The van der Waals surface area contributed by atoms with Gasteiger partial charge in [-0.1, -0.05) is 23.9 Å². The molecule has 4 nitrogen and oxygen atoms in total. The van der Waals surface area contributed by atoms with E-state index in [0.29, 0.717) is 5.16 Å². The second-order valence-electron chi connectivity index (χ2n) is 3.86. The number of H-pyrrole nitrogens is 1. The van der Waals surface area contributed by atoms with E-state index in [1.54, 1.807) is 6.08 Å². The third-order valence-corrected chi connectivity index (χ3v) is 3.56. The molecule has 1 aromatic carbocycles. The van der Waals surface area contributed by atoms with E-state index in [2.05, 4.69) is 16.5 Å². The summed E-state index contributed by atoms with van der Waals surface area (Å²) in [6, 6.07) is 5.97. The van der Waals surface area contributed by atoms with Gasteiger partial charge >= 0.3 is 5.97 Å². The molecule has 0 fully saturated rings. The molecule has 2 aromatic rings. The second kappa shape index (κ2) is 5.27. The summed E-state index contributed by atoms with van der Waals surface area (Å²) in [5.74, 6) is -0.327. The Hall–Kier alpha value is -1.75. The number of imidazole rings is 1. The number of nitrogens with one attached hydrogen (secondary N) is 1. The number of fused-ring (bicyclic) bond motifs is 1. The molecule has 2 rings (SSSR count). The number of aromatic amines is 1. The maximum Gasteiger partial charge on any atom is 0.323 e. The Bertz CT molecular complexity index is 592. The van der Waals surface area contributed by atoms with Crippen LogP contribution in [-0.4, -0.2) is 28.3 Å². The molecule has 0 saturated carbocycles. The first kappa shape index (κ1) is 12.7. The molecule has 0 amide bonds. The van der Waals surface area contributed by atoms with Crippen LogP contribution in [0, 0.1) is 6.92 Å². The normalized spacial score (nSPS) is 12.3. The van der Waals surface area contributed by atoms with Gasteiger partial charge in [-0.2, -0.15) is 0 Å². The molecule has 1 atom stereocenters. The van der Waals surface area contributed by atoms with E-state index in [-0.39, 0.29) is 5.97 Å². The van der Waals surface area contributed by atoms with Crippen molar-refractivity contribution in [2.75, 3.05) is 7.11 Å². The third kappa shape index (κ3) is 2.56. The first-order chi connectivity index (χ1) is 8.63. The van der Waals surface area contributed by atoms with Crippen molar-refractivity contribution in [2.45, 2.75) is 17.3 Å². The van der Waals surface area contributed by atoms with Crippen molar-refractivity contribution in [2.24, 2.45) is 0 Å². The average Bonchev–Trinajstić information content (AvgIpc) is 2.76. The second-order valence-corrected chi connectivity index (χ2v) is 4.99. The molecule has 1 heterocycles. The molecule has 5 heteroatoms. The van der Waals surface area contributed by atoms with E-state index in [9.17, 15) is 4.79 Å². The minimum Gasteiger partial charge on any atom is -0.468 e. The van der Waals surface area contributed by atoms with Gasteiger partial charge in [0.25, 0.3) is 0 Å². The van der Waals surface area contributed by atoms with Crippen LogP contribution in [0.4, 0.5) is 0 Å². The zero-order chi connectivity index (χ0) is 13.1. The van der Waals surface area contributed by atoms with Crippen LogP contribution < -0.4 is 0 Å². The van der Waals surface area contributed by atoms with Gasteiger partial charge in [-0.3, -0.25) is 4.79 Å². The lowest BCUT2D eigenvalue weighted by atomic mass is 10.2. The van der Waals surface area contributed by atoms with Crippen LogP contribution >= 0.6 is 11.8 Å². The van der Waals surface area contributed by atoms with E-state index in [1.807, 2.05) is 25.1 Å². The van der Waals surface area contributed by atoms with Crippen LogP contribution in [-0.2, 0) is 9.53 Å². The Morgan fingerprint density at radius 1 is 1.61 bits per heavy atom. The number of hydrogen-bond acceptors (Lipinski definition) is 4. The fraction of sp³-hybridized carbons (Fsp3) is 0.231. The highest BCUT2D eigenvalue weighted by Crippen LogP contribution is 2.25. The van der Waals surface area contributed by atoms with Gasteiger partial charge in [-0.15, -0.1) is 6.58 Å². The fourth-order valence-electron chi connectivity index (χ4n) is 1.58. The molecule has 1 N–H and O–H groups in total. The fourth-order valence-corrected chi connectivity index (χ4v) is 2.43. The molecule has 94 valence electrons. The predicted molar refractivity (Wildman–Crippen MR) is 72.7 cm³/mol. The summed E-state index contributed by atoms with van der Waals surface area (Å²) in [7, 11) is 1.36. The molecule has 1 aromatic heterocycles. The van der Waals surface area contributed by atoms with Crippen LogP contribution in [0.5, 0.6) is 0 Å². The highest BCUT2D eigenvalue weighted by molar-refractivity contribution is 8.00. The van der Waals surface area contributed by atoms with E-state index in [0.717, 1.165) is 16.6 Å². The summed E-state index contributed by atoms with van der Waals surface area (Å²) in [6.07, 6.45) is 1.55. The van der Waals surface area contributed by atoms with E-state index < -0.39 is 5.25 Å². The summed E-state index contributed by atoms with van der Waals surface area (Å²) in [5, 5.41) is 0.238. The topological polar surface area (TPSA) is 55.0 Å². The number of nitrogens with zero attached hydrogens (tertiary/aromatic N) is 1. The largest absolute Gasteiger partial charge is 0.468 e. The molecule has 0 spiro atoms. The summed E-state index contributed by atoms with van der Waals surface area (Å²) in [5.41, 5.74) is 3.01. The van der Waals surface area contributed by atoms with Gasteiger partial charge < -0.3 is 9.72 Å². The highest BCUT2D eigenvalue weighted by atomic mass is 32.2. The molecule has 1 unspecified atom stereocenters. The summed E-state index contributed by atoms with van der Waals surface area (Å²) < 4.78 is 4.70. The van der Waals surface area contributed by atoms with Gasteiger partial charge in [0.2, 0.25) is 0 Å². The van der Waals surface area contributed by atoms with E-state index >= 15 is 0 Å². The van der Waals surface area contributed by atoms with Crippen molar-refractivity contribution in [1.29, 1.82) is 0 Å². The Kier molecular flexibility index (Phi) is 3.72. The summed E-state index contributed by atoms with van der Waals surface area (Å²) in [6.45, 7) is 5.65. The van der Waals surface area contributed by atoms with Gasteiger partial charge in [0.1, 0.15) is 5.25 Å². The number of ether oxygens (including phenoxy) is 1. The Morgan fingerprint density at radius 3 is 3.06 bits per heavy atom. The Morgan fingerprint density at radius 2 is 2.39 bits per heavy atom. The lowest BCUT2D eigenvalue weighted by Crippen LogP contribution is -2.15. The molecule has 0 bridgehead atoms. The first-order valence-electron chi connectivity index (χ1n) is 5.47. The minimum absolute atomic E-state index is 0.327. The number of rotatable bonds is 4. The number of aryl methyl sites for hydroxylation is 1. The van der Waals surface area contributed by atoms with Crippen molar-refractivity contribution < 1.29 is 9.53 Å². The van der Waals surface area contributed by atoms with Gasteiger partial charge in [-0.05, 0) is 24.6 Å². The van der Waals surface area contributed by atoms with Crippen molar-refractivity contribution in [3.63, 3.8) is 0 Å². The van der Waals surface area contributed by atoms with Crippen LogP contribution in [0.2, 0.25) is 0 Å². The molecule has 18 heavy (non-hydrogen) atoms. The first-order valence-corrected chi connectivity index (χ1v) is 6.35. The van der Waals surface area contributed by atoms with E-state index in [1.165, 1.54) is 18.9 Å². The van der Waals surface area contributed by atoms with Crippen LogP contribution in [0.25, 0.3) is 11.0 Å². The van der Waals surface area contributed by atoms with Gasteiger partial charge in [0, 0.05) is 0 Å². The molecular formula is C13H14N2O2S. The number of carbonyl (C=O) groups is 1. The smallest absolute Gasteiger partial charge is 0.323 e. The number of hydrogen-bond donors (Lipinski definition) is 1. The third-order valence-electron chi connectivity index (χ3n) is 2.50. The van der Waals surface area contributed by atoms with Crippen LogP contribution in [0.1, 0.15) is 5.56 Å². The number of methoxy groups -OCH3 is 1. The van der Waals surface area contributed by atoms with Crippen LogP contribution in [0.15, 0.2) is 36.0 Å². The van der Waals surface area contributed by atoms with E-state index in [4.69, 9.17) is 4.74 Å². The van der Waals surface area contributed by atoms with Crippen molar-refractivity contribution in [1.82, 2.24) is 9.97 Å². The van der Waals surface area contributed by atoms with Gasteiger partial charge in [-0.25, -0.2) is 4.98 Å². The molecule has 0 radical (unpaired) electrons. The molecule has 0 saturated heterocycles. The number of esters is 1. The molecule has 0 aliphatic heterocycles. The van der Waals surface area contributed by atoms with Crippen molar-refractivity contribution >= 4 is 28.8 Å². The molecule has 0 aliphatic carbocycles. The predicted octanol–water partition coefficient (Wildman–Crippen LogP) is 2.69. The molecule has 0 aliphatic rings. The standard InChI is InChI=1S/C13H14N2O2S/c1-4-11(12(16)17-3)18-13-14-9-6-5-8(2)7-10(9)15-13/h4-7,11H,1H2,2-3H3,(H,14,15). The Balaban J connectivity index is 2.26. The van der Waals surface area contributed by atoms with Crippen molar-refractivity contribution in [3.8, 4) is 0 Å². The van der Waals surface area contributed by atoms with Crippen molar-refractivity contribution in [3.05, 3.63) is 36.4 Å². The molecular weight excluding hydrogens is 248 g/mol. The summed E-state index contributed by atoms with van der Waals surface area (Å²) in [4.78, 5) is 19.0. The highest BCUT2D eigenvalue weighted by Gasteiger charge is 2.18. The number of aromatic nitrogens is 2. The monoisotopic (exact) mass is 262 g/mol. The maximum absolute atomic E-state index is 11.5. The SMILES string of the molecule is C=CC(Sc1nc2ccc(C)cc2[nH]1)C(=O)OC. The zero-order valence-electron chi connectivity index (χ0n) is 10.3. The lowest BCUT2D eigenvalue weighted by Gasteiger charge is -2.06. The quantitative estimate of drug-likeness (QED) is 0.523. The minimum atomic E-state index is -0.448. The maximum atomic E-state index is 11.5.